The number of benzene rings is 2. The highest BCUT2D eigenvalue weighted by Crippen LogP contribution is 2.37. The van der Waals surface area contributed by atoms with Crippen LogP contribution in [0.15, 0.2) is 54.9 Å². The Morgan fingerprint density at radius 3 is 2.86 bits per heavy atom. The van der Waals surface area contributed by atoms with Crippen LogP contribution in [0.25, 0.3) is 10.9 Å². The predicted octanol–water partition coefficient (Wildman–Crippen LogP) is 4.18. The average molecular weight is 387 g/mol. The molecule has 5 rings (SSSR count). The molecule has 2 aromatic heterocycles. The molecule has 0 aliphatic carbocycles. The van der Waals surface area contributed by atoms with Gasteiger partial charge < -0.3 is 25.3 Å². The largest absolute Gasteiger partial charge is 0.454 e. The van der Waals surface area contributed by atoms with Crippen molar-refractivity contribution in [2.45, 2.75) is 6.92 Å². The summed E-state index contributed by atoms with van der Waals surface area (Å²) in [6.45, 7) is 2.15. The van der Waals surface area contributed by atoms with E-state index in [-0.39, 0.29) is 18.4 Å². The van der Waals surface area contributed by atoms with E-state index in [1.165, 1.54) is 6.33 Å². The third kappa shape index (κ3) is 3.20. The van der Waals surface area contributed by atoms with E-state index in [1.54, 1.807) is 0 Å². The zero-order valence-electron chi connectivity index (χ0n) is 15.5. The van der Waals surface area contributed by atoms with Crippen LogP contribution < -0.4 is 25.3 Å². The summed E-state index contributed by atoms with van der Waals surface area (Å²) in [5, 5.41) is 4.14. The maximum absolute atomic E-state index is 6.28. The van der Waals surface area contributed by atoms with Crippen molar-refractivity contribution in [3.8, 4) is 23.1 Å². The highest BCUT2D eigenvalue weighted by molar-refractivity contribution is 5.85. The molecular weight excluding hydrogens is 370 g/mol. The molecule has 0 fully saturated rings. The number of fused-ring (bicyclic) bond motifs is 2. The van der Waals surface area contributed by atoms with Crippen molar-refractivity contribution >= 4 is 28.1 Å². The predicted molar refractivity (Wildman–Crippen MR) is 109 cm³/mol. The lowest BCUT2D eigenvalue weighted by Crippen LogP contribution is -2.03. The van der Waals surface area contributed by atoms with Gasteiger partial charge in [0.25, 0.3) is 0 Å². The molecular formula is C21H17N5O3. The third-order valence-corrected chi connectivity index (χ3v) is 4.51. The maximum Gasteiger partial charge on any atom is 0.248 e. The zero-order valence-corrected chi connectivity index (χ0v) is 15.5. The Morgan fingerprint density at radius 2 is 1.93 bits per heavy atom. The summed E-state index contributed by atoms with van der Waals surface area (Å²) in [6, 6.07) is 15.2. The lowest BCUT2D eigenvalue weighted by Gasteiger charge is -2.13. The van der Waals surface area contributed by atoms with Gasteiger partial charge >= 0.3 is 0 Å². The Bertz CT molecular complexity index is 1230. The number of nitrogens with two attached hydrogens (primary N) is 1. The fourth-order valence-electron chi connectivity index (χ4n) is 3.08. The second kappa shape index (κ2) is 6.83. The lowest BCUT2D eigenvalue weighted by molar-refractivity contribution is 0.174. The van der Waals surface area contributed by atoms with Gasteiger partial charge in [0.15, 0.2) is 23.1 Å². The van der Waals surface area contributed by atoms with Gasteiger partial charge in [-0.3, -0.25) is 0 Å². The van der Waals surface area contributed by atoms with Gasteiger partial charge in [-0.05, 0) is 31.2 Å². The van der Waals surface area contributed by atoms with Crippen molar-refractivity contribution < 1.29 is 14.2 Å². The second-order valence-electron chi connectivity index (χ2n) is 6.52. The summed E-state index contributed by atoms with van der Waals surface area (Å²) < 4.78 is 16.7. The van der Waals surface area contributed by atoms with Crippen LogP contribution in [-0.4, -0.2) is 21.7 Å². The molecule has 4 aromatic rings. The van der Waals surface area contributed by atoms with E-state index in [9.17, 15) is 0 Å². The van der Waals surface area contributed by atoms with Crippen LogP contribution in [0.1, 0.15) is 5.69 Å². The number of nitrogen functional groups attached to an aromatic ring is 1. The molecule has 0 saturated carbocycles. The highest BCUT2D eigenvalue weighted by atomic mass is 16.7. The second-order valence-corrected chi connectivity index (χ2v) is 6.52. The quantitative estimate of drug-likeness (QED) is 0.537. The van der Waals surface area contributed by atoms with Gasteiger partial charge in [0.2, 0.25) is 12.7 Å². The number of pyridine rings is 1. The van der Waals surface area contributed by atoms with Crippen LogP contribution in [-0.2, 0) is 0 Å². The Balaban J connectivity index is 1.46. The molecule has 0 unspecified atom stereocenters. The van der Waals surface area contributed by atoms with E-state index in [4.69, 9.17) is 19.9 Å². The van der Waals surface area contributed by atoms with Crippen molar-refractivity contribution in [3.63, 3.8) is 0 Å². The number of aryl methyl sites for hydroxylation is 1. The monoisotopic (exact) mass is 387 g/mol. The van der Waals surface area contributed by atoms with Gasteiger partial charge in [0.05, 0.1) is 0 Å². The van der Waals surface area contributed by atoms with Crippen LogP contribution in [0.3, 0.4) is 0 Å². The van der Waals surface area contributed by atoms with Crippen LogP contribution in [0.2, 0.25) is 0 Å². The van der Waals surface area contributed by atoms with E-state index in [1.807, 2.05) is 55.5 Å². The number of para-hydroxylation sites is 1. The molecule has 0 saturated heterocycles. The molecule has 3 heterocycles. The van der Waals surface area contributed by atoms with Crippen LogP contribution in [0.5, 0.6) is 23.1 Å². The smallest absolute Gasteiger partial charge is 0.248 e. The fourth-order valence-corrected chi connectivity index (χ4v) is 3.08. The van der Waals surface area contributed by atoms with Gasteiger partial charge in [-0.15, -0.1) is 0 Å². The Labute approximate surface area is 166 Å². The molecule has 2 aromatic carbocycles. The maximum atomic E-state index is 6.28. The molecule has 3 N–H and O–H groups in total. The van der Waals surface area contributed by atoms with Crippen LogP contribution >= 0.6 is 0 Å². The molecule has 8 nitrogen and oxygen atoms in total. The third-order valence-electron chi connectivity index (χ3n) is 4.51. The van der Waals surface area contributed by atoms with Crippen LogP contribution in [0, 0.1) is 6.92 Å². The van der Waals surface area contributed by atoms with Gasteiger partial charge in [0.1, 0.15) is 17.5 Å². The number of nitrogens with zero attached hydrogens (tertiary/aromatic N) is 3. The average Bonchev–Trinajstić information content (AvgIpc) is 3.19. The molecule has 1 aliphatic rings. The number of rotatable bonds is 4. The molecule has 0 atom stereocenters. The summed E-state index contributed by atoms with van der Waals surface area (Å²) in [5.74, 6) is 2.62. The topological polar surface area (TPSA) is 104 Å². The van der Waals surface area contributed by atoms with E-state index in [0.717, 1.165) is 22.3 Å². The van der Waals surface area contributed by atoms with Crippen molar-refractivity contribution in [2.75, 3.05) is 17.8 Å². The molecule has 0 spiro atoms. The molecule has 0 radical (unpaired) electrons. The summed E-state index contributed by atoms with van der Waals surface area (Å²) in [5.41, 5.74) is 8.96. The summed E-state index contributed by atoms with van der Waals surface area (Å²) in [6.07, 6.45) is 1.39. The molecule has 0 bridgehead atoms. The number of aromatic nitrogens is 3. The van der Waals surface area contributed by atoms with E-state index in [0.29, 0.717) is 23.1 Å². The number of nitrogens with one attached hydrogen (secondary N) is 1. The normalized spacial score (nSPS) is 12.2. The minimum atomic E-state index is 0.213. The standard InChI is InChI=1S/C21H17N5O3/c1-12-5-6-13-3-2-4-16(19(13)25-12)29-21-18(22)20(23-10-24-21)26-14-7-8-15-17(9-14)28-11-27-15/h2-10H,11,22H2,1H3,(H,23,24,26). The molecule has 144 valence electrons. The lowest BCUT2D eigenvalue weighted by atomic mass is 10.2. The Hall–Kier alpha value is -4.07. The number of anilines is 3. The van der Waals surface area contributed by atoms with Crippen molar-refractivity contribution in [3.05, 3.63) is 60.6 Å². The molecule has 0 amide bonds. The summed E-state index contributed by atoms with van der Waals surface area (Å²) in [4.78, 5) is 13.0. The highest BCUT2D eigenvalue weighted by Gasteiger charge is 2.16. The fraction of sp³-hybridized carbons (Fsp3) is 0.0952. The molecule has 8 heteroatoms. The molecule has 1 aliphatic heterocycles. The van der Waals surface area contributed by atoms with Gasteiger partial charge in [-0.2, -0.15) is 4.98 Å². The zero-order chi connectivity index (χ0) is 19.8. The summed E-state index contributed by atoms with van der Waals surface area (Å²) >= 11 is 0. The van der Waals surface area contributed by atoms with Crippen molar-refractivity contribution in [2.24, 2.45) is 0 Å². The number of ether oxygens (including phenoxy) is 3. The van der Waals surface area contributed by atoms with Gasteiger partial charge in [0, 0.05) is 22.8 Å². The van der Waals surface area contributed by atoms with Crippen LogP contribution in [0.4, 0.5) is 17.2 Å². The van der Waals surface area contributed by atoms with E-state index >= 15 is 0 Å². The van der Waals surface area contributed by atoms with Gasteiger partial charge in [-0.1, -0.05) is 18.2 Å². The van der Waals surface area contributed by atoms with E-state index in [2.05, 4.69) is 20.3 Å². The first-order valence-corrected chi connectivity index (χ1v) is 8.99. The van der Waals surface area contributed by atoms with Crippen molar-refractivity contribution in [1.82, 2.24) is 15.0 Å². The molecule has 29 heavy (non-hydrogen) atoms. The van der Waals surface area contributed by atoms with E-state index < -0.39 is 0 Å². The van der Waals surface area contributed by atoms with Gasteiger partial charge in [-0.25, -0.2) is 9.97 Å². The Kier molecular flexibility index (Phi) is 4.02. The van der Waals surface area contributed by atoms with Crippen molar-refractivity contribution in [1.29, 1.82) is 0 Å². The number of hydrogen-bond donors (Lipinski definition) is 2. The minimum Gasteiger partial charge on any atom is -0.454 e. The minimum absolute atomic E-state index is 0.213. The first kappa shape index (κ1) is 17.1. The Morgan fingerprint density at radius 1 is 1.03 bits per heavy atom. The summed E-state index contributed by atoms with van der Waals surface area (Å²) in [7, 11) is 0. The SMILES string of the molecule is Cc1ccc2cccc(Oc3ncnc(Nc4ccc5c(c4)OCO5)c3N)c2n1. The number of hydrogen-bond acceptors (Lipinski definition) is 8. The first-order valence-electron chi connectivity index (χ1n) is 8.99. The first-order chi connectivity index (χ1) is 14.2.